The molecule has 2 aromatic carbocycles. The van der Waals surface area contributed by atoms with Gasteiger partial charge >= 0.3 is 0 Å². The first-order chi connectivity index (χ1) is 13.7. The van der Waals surface area contributed by atoms with Gasteiger partial charge in [-0.05, 0) is 47.9 Å². The Labute approximate surface area is 163 Å². The summed E-state index contributed by atoms with van der Waals surface area (Å²) in [6, 6.07) is 16.8. The molecule has 1 amide bonds. The molecular weight excluding hydrogens is 355 g/mol. The van der Waals surface area contributed by atoms with Gasteiger partial charge in [-0.3, -0.25) is 4.79 Å². The smallest absolute Gasteiger partial charge is 0.224 e. The topological polar surface area (TPSA) is 50.2 Å². The summed E-state index contributed by atoms with van der Waals surface area (Å²) in [6.45, 7) is 2.11. The van der Waals surface area contributed by atoms with Crippen molar-refractivity contribution in [2.75, 3.05) is 13.1 Å². The van der Waals surface area contributed by atoms with Crippen molar-refractivity contribution in [3.8, 4) is 5.69 Å². The number of nitrogens with zero attached hydrogens (tertiary/aromatic N) is 3. The molecule has 0 radical (unpaired) electrons. The number of benzene rings is 2. The maximum absolute atomic E-state index is 13.0. The summed E-state index contributed by atoms with van der Waals surface area (Å²) >= 11 is 0. The third kappa shape index (κ3) is 4.46. The summed E-state index contributed by atoms with van der Waals surface area (Å²) in [7, 11) is 0. The van der Waals surface area contributed by atoms with Crippen molar-refractivity contribution in [3.63, 3.8) is 0 Å². The van der Waals surface area contributed by atoms with E-state index < -0.39 is 0 Å². The average molecular weight is 378 g/mol. The van der Waals surface area contributed by atoms with Crippen LogP contribution in [0.5, 0.6) is 0 Å². The van der Waals surface area contributed by atoms with Gasteiger partial charge in [0.25, 0.3) is 0 Å². The number of likely N-dealkylation sites (tertiary alicyclic amines) is 1. The Kier molecular flexibility index (Phi) is 5.48. The summed E-state index contributed by atoms with van der Waals surface area (Å²) < 4.78 is 14.8. The van der Waals surface area contributed by atoms with Crippen LogP contribution in [0.3, 0.4) is 0 Å². The molecule has 0 saturated carbocycles. The number of amides is 1. The molecular formula is C22H23FN4O. The first-order valence-corrected chi connectivity index (χ1v) is 9.52. The zero-order valence-electron chi connectivity index (χ0n) is 15.6. The van der Waals surface area contributed by atoms with Crippen molar-refractivity contribution in [2.45, 2.75) is 25.4 Å². The number of carbonyl (C=O) groups excluding carboxylic acids is 1. The first-order valence-electron chi connectivity index (χ1n) is 9.52. The van der Waals surface area contributed by atoms with Gasteiger partial charge in [-0.2, -0.15) is 5.10 Å². The number of carbonyl (C=O) groups is 1. The van der Waals surface area contributed by atoms with Gasteiger partial charge in [-0.1, -0.05) is 24.3 Å². The fourth-order valence-corrected chi connectivity index (χ4v) is 3.49. The van der Waals surface area contributed by atoms with Crippen molar-refractivity contribution in [1.29, 1.82) is 0 Å². The Morgan fingerprint density at radius 3 is 2.54 bits per heavy atom. The molecule has 3 aromatic rings. The zero-order valence-corrected chi connectivity index (χ0v) is 15.6. The van der Waals surface area contributed by atoms with Crippen molar-refractivity contribution in [3.05, 3.63) is 83.9 Å². The lowest BCUT2D eigenvalue weighted by Gasteiger charge is -2.17. The molecule has 1 aliphatic rings. The molecule has 1 atom stereocenters. The summed E-state index contributed by atoms with van der Waals surface area (Å²) in [6.07, 6.45) is 4.94. The molecule has 6 heteroatoms. The Morgan fingerprint density at radius 2 is 1.82 bits per heavy atom. The van der Waals surface area contributed by atoms with Crippen LogP contribution in [0.15, 0.2) is 67.0 Å². The lowest BCUT2D eigenvalue weighted by atomic mass is 10.1. The van der Waals surface area contributed by atoms with E-state index in [0.29, 0.717) is 19.5 Å². The van der Waals surface area contributed by atoms with Crippen molar-refractivity contribution in [1.82, 2.24) is 20.0 Å². The minimum absolute atomic E-state index is 0.159. The van der Waals surface area contributed by atoms with Crippen molar-refractivity contribution >= 4 is 5.91 Å². The molecule has 0 aliphatic carbocycles. The van der Waals surface area contributed by atoms with Crippen LogP contribution in [0.1, 0.15) is 17.5 Å². The van der Waals surface area contributed by atoms with Crippen LogP contribution in [0, 0.1) is 5.82 Å². The highest BCUT2D eigenvalue weighted by atomic mass is 19.1. The molecule has 1 aromatic heterocycles. The Balaban J connectivity index is 1.25. The van der Waals surface area contributed by atoms with E-state index in [2.05, 4.69) is 22.5 Å². The quantitative estimate of drug-likeness (QED) is 0.688. The summed E-state index contributed by atoms with van der Waals surface area (Å²) in [5.74, 6) is -0.0587. The highest BCUT2D eigenvalue weighted by Gasteiger charge is 2.28. The van der Waals surface area contributed by atoms with Crippen LogP contribution in [0.2, 0.25) is 0 Å². The molecule has 1 N–H and O–H groups in total. The SMILES string of the molecule is O=C1CC(NCc2ccc(-n3cccn3)cc2)CN1CCc1ccc(F)cc1. The summed E-state index contributed by atoms with van der Waals surface area (Å²) in [4.78, 5) is 14.2. The minimum Gasteiger partial charge on any atom is -0.341 e. The Bertz CT molecular complexity index is 907. The number of hydrogen-bond donors (Lipinski definition) is 1. The van der Waals surface area contributed by atoms with Gasteiger partial charge in [0.05, 0.1) is 5.69 Å². The normalized spacial score (nSPS) is 16.7. The van der Waals surface area contributed by atoms with E-state index in [1.54, 1.807) is 18.3 Å². The number of aromatic nitrogens is 2. The van der Waals surface area contributed by atoms with E-state index in [0.717, 1.165) is 24.2 Å². The van der Waals surface area contributed by atoms with E-state index in [-0.39, 0.29) is 17.8 Å². The number of nitrogens with one attached hydrogen (secondary N) is 1. The van der Waals surface area contributed by atoms with E-state index in [1.807, 2.05) is 34.0 Å². The Hall–Kier alpha value is -2.99. The standard InChI is InChI=1S/C22H23FN4O/c23-19-6-2-17(3-7-19)10-13-26-16-20(14-22(26)28)24-15-18-4-8-21(9-5-18)27-12-1-11-25-27/h1-9,11-12,20,24H,10,13-16H2. The molecule has 1 saturated heterocycles. The fraction of sp³-hybridized carbons (Fsp3) is 0.273. The fourth-order valence-electron chi connectivity index (χ4n) is 3.49. The highest BCUT2D eigenvalue weighted by Crippen LogP contribution is 2.14. The second-order valence-corrected chi connectivity index (χ2v) is 7.12. The molecule has 5 nitrogen and oxygen atoms in total. The second kappa shape index (κ2) is 8.35. The van der Waals surface area contributed by atoms with Crippen LogP contribution >= 0.6 is 0 Å². The lowest BCUT2D eigenvalue weighted by molar-refractivity contribution is -0.127. The molecule has 0 bridgehead atoms. The minimum atomic E-state index is -0.233. The number of hydrogen-bond acceptors (Lipinski definition) is 3. The van der Waals surface area contributed by atoms with Gasteiger partial charge in [0.15, 0.2) is 0 Å². The largest absolute Gasteiger partial charge is 0.341 e. The van der Waals surface area contributed by atoms with Gasteiger partial charge in [0.1, 0.15) is 5.82 Å². The predicted octanol–water partition coefficient (Wildman–Crippen LogP) is 2.94. The molecule has 2 heterocycles. The van der Waals surface area contributed by atoms with Crippen LogP contribution in [-0.4, -0.2) is 39.7 Å². The third-order valence-electron chi connectivity index (χ3n) is 5.10. The van der Waals surface area contributed by atoms with E-state index in [9.17, 15) is 9.18 Å². The molecule has 144 valence electrons. The Morgan fingerprint density at radius 1 is 1.07 bits per heavy atom. The monoisotopic (exact) mass is 378 g/mol. The van der Waals surface area contributed by atoms with Crippen molar-refractivity contribution in [2.24, 2.45) is 0 Å². The van der Waals surface area contributed by atoms with E-state index >= 15 is 0 Å². The van der Waals surface area contributed by atoms with Crippen LogP contribution in [-0.2, 0) is 17.8 Å². The average Bonchev–Trinajstić information content (AvgIpc) is 3.36. The van der Waals surface area contributed by atoms with E-state index in [4.69, 9.17) is 0 Å². The first kappa shape index (κ1) is 18.4. The van der Waals surface area contributed by atoms with Gasteiger partial charge in [-0.25, -0.2) is 9.07 Å². The third-order valence-corrected chi connectivity index (χ3v) is 5.10. The maximum atomic E-state index is 13.0. The van der Waals surface area contributed by atoms with Crippen molar-refractivity contribution < 1.29 is 9.18 Å². The number of halogens is 1. The zero-order chi connectivity index (χ0) is 19.3. The molecule has 4 rings (SSSR count). The van der Waals surface area contributed by atoms with Crippen LogP contribution in [0.25, 0.3) is 5.69 Å². The molecule has 0 spiro atoms. The van der Waals surface area contributed by atoms with E-state index in [1.165, 1.54) is 17.7 Å². The van der Waals surface area contributed by atoms with Gasteiger partial charge in [0.2, 0.25) is 5.91 Å². The molecule has 1 fully saturated rings. The molecule has 1 aliphatic heterocycles. The lowest BCUT2D eigenvalue weighted by Crippen LogP contribution is -2.33. The van der Waals surface area contributed by atoms with Crippen LogP contribution in [0.4, 0.5) is 4.39 Å². The van der Waals surface area contributed by atoms with Crippen LogP contribution < -0.4 is 5.32 Å². The second-order valence-electron chi connectivity index (χ2n) is 7.12. The number of rotatable bonds is 7. The predicted molar refractivity (Wildman–Crippen MR) is 105 cm³/mol. The van der Waals surface area contributed by atoms with Gasteiger partial charge in [-0.15, -0.1) is 0 Å². The highest BCUT2D eigenvalue weighted by molar-refractivity contribution is 5.79. The van der Waals surface area contributed by atoms with Gasteiger partial charge in [0, 0.05) is 44.5 Å². The summed E-state index contributed by atoms with van der Waals surface area (Å²) in [5.41, 5.74) is 3.24. The van der Waals surface area contributed by atoms with Gasteiger partial charge < -0.3 is 10.2 Å². The maximum Gasteiger partial charge on any atom is 0.224 e. The molecule has 1 unspecified atom stereocenters. The summed E-state index contributed by atoms with van der Waals surface area (Å²) in [5, 5.41) is 7.71. The molecule has 28 heavy (non-hydrogen) atoms.